The lowest BCUT2D eigenvalue weighted by Gasteiger charge is -2.39. The number of rotatable bonds is 0. The van der Waals surface area contributed by atoms with Gasteiger partial charge in [-0.2, -0.15) is 0 Å². The van der Waals surface area contributed by atoms with Crippen LogP contribution in [-0.2, 0) is 18.9 Å². The van der Waals surface area contributed by atoms with Crippen molar-refractivity contribution in [1.82, 2.24) is 9.88 Å². The predicted molar refractivity (Wildman–Crippen MR) is 62.1 cm³/mol. The first-order chi connectivity index (χ1) is 7.22. The van der Waals surface area contributed by atoms with Crippen molar-refractivity contribution in [1.29, 1.82) is 0 Å². The molecule has 3 rings (SSSR count). The third-order valence-electron chi connectivity index (χ3n) is 4.55. The second kappa shape index (κ2) is 3.11. The fourth-order valence-corrected chi connectivity index (χ4v) is 3.56. The van der Waals surface area contributed by atoms with Crippen LogP contribution in [0.2, 0.25) is 0 Å². The van der Waals surface area contributed by atoms with Gasteiger partial charge in [0.2, 0.25) is 0 Å². The summed E-state index contributed by atoms with van der Waals surface area (Å²) in [5.41, 5.74) is 3.68. The molecule has 15 heavy (non-hydrogen) atoms. The molecule has 82 valence electrons. The number of fused-ring (bicyclic) bond motifs is 2. The summed E-state index contributed by atoms with van der Waals surface area (Å²) < 4.78 is 2.24. The van der Waals surface area contributed by atoms with Gasteiger partial charge in [-0.05, 0) is 42.9 Å². The van der Waals surface area contributed by atoms with Crippen LogP contribution < -0.4 is 5.32 Å². The van der Waals surface area contributed by atoms with Gasteiger partial charge in [-0.1, -0.05) is 6.92 Å². The highest BCUT2D eigenvalue weighted by molar-refractivity contribution is 5.37. The number of hydrogen-bond donors (Lipinski definition) is 1. The zero-order chi connectivity index (χ0) is 10.5. The van der Waals surface area contributed by atoms with Crippen LogP contribution in [0.4, 0.5) is 0 Å². The van der Waals surface area contributed by atoms with E-state index in [4.69, 9.17) is 0 Å². The average molecular weight is 204 g/mol. The molecular weight excluding hydrogens is 184 g/mol. The third-order valence-corrected chi connectivity index (χ3v) is 4.55. The maximum atomic E-state index is 3.55. The summed E-state index contributed by atoms with van der Waals surface area (Å²) in [6.07, 6.45) is 8.64. The van der Waals surface area contributed by atoms with Crippen molar-refractivity contribution in [2.75, 3.05) is 13.1 Å². The molecule has 2 atom stereocenters. The van der Waals surface area contributed by atoms with E-state index in [1.807, 2.05) is 0 Å². The molecule has 2 aliphatic rings. The summed E-state index contributed by atoms with van der Waals surface area (Å²) in [4.78, 5) is 0. The maximum absolute atomic E-state index is 3.55. The van der Waals surface area contributed by atoms with E-state index < -0.39 is 0 Å². The molecular formula is C13H20N2. The van der Waals surface area contributed by atoms with Gasteiger partial charge in [-0.3, -0.25) is 0 Å². The smallest absolute Gasteiger partial charge is 0.0133 e. The number of aromatic nitrogens is 1. The zero-order valence-corrected chi connectivity index (χ0v) is 9.71. The Bertz CT molecular complexity index is 372. The molecule has 1 fully saturated rings. The Labute approximate surface area is 91.7 Å². The van der Waals surface area contributed by atoms with Gasteiger partial charge in [-0.25, -0.2) is 0 Å². The summed E-state index contributed by atoms with van der Waals surface area (Å²) in [5, 5.41) is 3.55. The van der Waals surface area contributed by atoms with Gasteiger partial charge in [-0.15, -0.1) is 0 Å². The minimum atomic E-state index is 0.453. The third kappa shape index (κ3) is 1.21. The fraction of sp³-hybridized carbons (Fsp3) is 0.692. The monoisotopic (exact) mass is 204 g/mol. The molecule has 0 radical (unpaired) electrons. The molecule has 1 aromatic heterocycles. The van der Waals surface area contributed by atoms with Crippen molar-refractivity contribution in [3.8, 4) is 0 Å². The molecule has 1 spiro atoms. The van der Waals surface area contributed by atoms with Gasteiger partial charge in [0.15, 0.2) is 0 Å². The number of nitrogens with zero attached hydrogens (tertiary/aromatic N) is 1. The molecule has 1 saturated heterocycles. The average Bonchev–Trinajstić information content (AvgIpc) is 2.80. The molecule has 2 heterocycles. The molecule has 0 saturated carbocycles. The second-order valence-corrected chi connectivity index (χ2v) is 5.39. The molecule has 1 aliphatic carbocycles. The first-order valence-corrected chi connectivity index (χ1v) is 6.08. The van der Waals surface area contributed by atoms with Crippen LogP contribution in [0.3, 0.4) is 0 Å². The lowest BCUT2D eigenvalue weighted by molar-refractivity contribution is 0.276. The molecule has 2 heteroatoms. The van der Waals surface area contributed by atoms with Gasteiger partial charge >= 0.3 is 0 Å². The highest BCUT2D eigenvalue weighted by atomic mass is 14.9. The van der Waals surface area contributed by atoms with Gasteiger partial charge in [0, 0.05) is 31.4 Å². The largest absolute Gasteiger partial charge is 0.357 e. The van der Waals surface area contributed by atoms with E-state index in [0.29, 0.717) is 5.41 Å². The molecule has 0 amide bonds. The Balaban J connectivity index is 2.12. The quantitative estimate of drug-likeness (QED) is 0.682. The normalized spacial score (nSPS) is 34.7. The van der Waals surface area contributed by atoms with E-state index in [0.717, 1.165) is 5.92 Å². The summed E-state index contributed by atoms with van der Waals surface area (Å²) in [6.45, 7) is 4.81. The molecule has 2 nitrogen and oxygen atoms in total. The van der Waals surface area contributed by atoms with E-state index >= 15 is 0 Å². The van der Waals surface area contributed by atoms with Crippen LogP contribution in [0.25, 0.3) is 0 Å². The number of nitrogens with one attached hydrogen (secondary N) is 1. The van der Waals surface area contributed by atoms with Crippen molar-refractivity contribution in [3.05, 3.63) is 23.5 Å². The molecule has 2 unspecified atom stereocenters. The SMILES string of the molecule is CC1CCc2cn(C)cc2C12CCNC2. The first kappa shape index (κ1) is 9.46. The summed E-state index contributed by atoms with van der Waals surface area (Å²) in [6, 6.07) is 0. The minimum Gasteiger partial charge on any atom is -0.357 e. The Kier molecular flexibility index (Phi) is 1.96. The molecule has 1 aliphatic heterocycles. The summed E-state index contributed by atoms with van der Waals surface area (Å²) in [5.74, 6) is 0.836. The summed E-state index contributed by atoms with van der Waals surface area (Å²) >= 11 is 0. The van der Waals surface area contributed by atoms with Crippen LogP contribution in [0.5, 0.6) is 0 Å². The van der Waals surface area contributed by atoms with E-state index in [1.165, 1.54) is 32.4 Å². The van der Waals surface area contributed by atoms with Crippen LogP contribution in [0.1, 0.15) is 30.9 Å². The van der Waals surface area contributed by atoms with Gasteiger partial charge in [0.1, 0.15) is 0 Å². The van der Waals surface area contributed by atoms with Crippen molar-refractivity contribution in [2.24, 2.45) is 13.0 Å². The predicted octanol–water partition coefficient (Wildman–Crippen LogP) is 1.84. The molecule has 1 aromatic rings. The Morgan fingerprint density at radius 2 is 2.33 bits per heavy atom. The van der Waals surface area contributed by atoms with E-state index in [-0.39, 0.29) is 0 Å². The highest BCUT2D eigenvalue weighted by Crippen LogP contribution is 2.45. The Morgan fingerprint density at radius 1 is 1.47 bits per heavy atom. The summed E-state index contributed by atoms with van der Waals surface area (Å²) in [7, 11) is 2.15. The molecule has 0 bridgehead atoms. The Hall–Kier alpha value is -0.760. The van der Waals surface area contributed by atoms with E-state index in [2.05, 4.69) is 36.2 Å². The number of aryl methyl sites for hydroxylation is 2. The van der Waals surface area contributed by atoms with Gasteiger partial charge < -0.3 is 9.88 Å². The zero-order valence-electron chi connectivity index (χ0n) is 9.71. The number of hydrogen-bond acceptors (Lipinski definition) is 1. The van der Waals surface area contributed by atoms with Gasteiger partial charge in [0.05, 0.1) is 0 Å². The lowest BCUT2D eigenvalue weighted by atomic mass is 9.64. The van der Waals surface area contributed by atoms with E-state index in [1.54, 1.807) is 11.1 Å². The lowest BCUT2D eigenvalue weighted by Crippen LogP contribution is -2.39. The van der Waals surface area contributed by atoms with Crippen LogP contribution in [-0.4, -0.2) is 17.7 Å². The molecule has 0 aromatic carbocycles. The van der Waals surface area contributed by atoms with Crippen molar-refractivity contribution < 1.29 is 0 Å². The highest BCUT2D eigenvalue weighted by Gasteiger charge is 2.44. The minimum absolute atomic E-state index is 0.453. The second-order valence-electron chi connectivity index (χ2n) is 5.39. The van der Waals surface area contributed by atoms with Crippen molar-refractivity contribution in [3.63, 3.8) is 0 Å². The topological polar surface area (TPSA) is 17.0 Å². The van der Waals surface area contributed by atoms with Crippen LogP contribution in [0.15, 0.2) is 12.4 Å². The standard InChI is InChI=1S/C13H20N2/c1-10-3-4-11-7-15(2)8-12(11)13(10)5-6-14-9-13/h7-8,10,14H,3-6,9H2,1-2H3. The Morgan fingerprint density at radius 3 is 3.07 bits per heavy atom. The van der Waals surface area contributed by atoms with Crippen molar-refractivity contribution in [2.45, 2.75) is 31.6 Å². The van der Waals surface area contributed by atoms with Crippen LogP contribution in [0, 0.1) is 5.92 Å². The molecule has 1 N–H and O–H groups in total. The maximum Gasteiger partial charge on any atom is 0.0133 e. The van der Waals surface area contributed by atoms with Crippen LogP contribution >= 0.6 is 0 Å². The van der Waals surface area contributed by atoms with E-state index in [9.17, 15) is 0 Å². The van der Waals surface area contributed by atoms with Gasteiger partial charge in [0.25, 0.3) is 0 Å². The first-order valence-electron chi connectivity index (χ1n) is 6.08. The van der Waals surface area contributed by atoms with Crippen molar-refractivity contribution >= 4 is 0 Å². The fourth-order valence-electron chi connectivity index (χ4n) is 3.56.